The lowest BCUT2D eigenvalue weighted by molar-refractivity contribution is -0.765. The Morgan fingerprint density at radius 1 is 0.920 bits per heavy atom. The first-order chi connectivity index (χ1) is 23.4. The molecule has 2 aliphatic heterocycles. The Hall–Kier alpha value is -3.12. The average molecular weight is 768 g/mol. The van der Waals surface area contributed by atoms with E-state index in [4.69, 9.17) is 28.8 Å². The SMILES string of the molecule is NC(=O)c1ccc[n+](C2OC(COP(=O)(O)OP(=O)(O)OCC3OC(n4cnc5c4ncn4ccnc54)C(OP(=O)(O)O)C3O)C(O)C2O)c1. The molecular formula is C23H29N7O17P3+. The molecule has 272 valence electrons. The number of primary amides is 1. The maximum atomic E-state index is 12.6. The number of ether oxygens (including phenoxy) is 2. The van der Waals surface area contributed by atoms with Crippen molar-refractivity contribution < 1.29 is 85.3 Å². The van der Waals surface area contributed by atoms with E-state index in [0.717, 1.165) is 0 Å². The second-order valence-electron chi connectivity index (χ2n) is 10.9. The van der Waals surface area contributed by atoms with Gasteiger partial charge in [0, 0.05) is 18.5 Å². The molecule has 2 fully saturated rings. The Morgan fingerprint density at radius 2 is 1.60 bits per heavy atom. The van der Waals surface area contributed by atoms with Crippen LogP contribution in [0.4, 0.5) is 0 Å². The smallest absolute Gasteiger partial charge is 0.387 e. The first-order valence-electron chi connectivity index (χ1n) is 14.1. The van der Waals surface area contributed by atoms with Gasteiger partial charge in [-0.3, -0.25) is 27.3 Å². The summed E-state index contributed by atoms with van der Waals surface area (Å²) in [5.41, 5.74) is 6.01. The number of amides is 1. The van der Waals surface area contributed by atoms with E-state index in [1.165, 1.54) is 52.5 Å². The minimum atomic E-state index is -5.52. The number of fused-ring (bicyclic) bond motifs is 3. The number of carbonyl (C=O) groups excluding carboxylic acids is 1. The second-order valence-corrected chi connectivity index (χ2v) is 15.1. The number of pyridine rings is 1. The number of aliphatic hydroxyl groups is 3. The molecule has 50 heavy (non-hydrogen) atoms. The number of rotatable bonds is 13. The van der Waals surface area contributed by atoms with Gasteiger partial charge in [-0.1, -0.05) is 0 Å². The molecule has 0 spiro atoms. The number of aliphatic hydroxyl groups excluding tert-OH is 3. The lowest BCUT2D eigenvalue weighted by atomic mass is 10.1. The van der Waals surface area contributed by atoms with Gasteiger partial charge >= 0.3 is 23.5 Å². The zero-order valence-electron chi connectivity index (χ0n) is 25.0. The van der Waals surface area contributed by atoms with E-state index in [0.29, 0.717) is 5.65 Å². The lowest BCUT2D eigenvalue weighted by Gasteiger charge is -2.22. The molecule has 0 radical (unpaired) electrons. The summed E-state index contributed by atoms with van der Waals surface area (Å²) in [6.07, 6.45) is -4.83. The molecule has 10 atom stereocenters. The fraction of sp³-hybridized carbons (Fsp3) is 0.435. The molecule has 9 N–H and O–H groups in total. The van der Waals surface area contributed by atoms with Crippen LogP contribution >= 0.6 is 23.5 Å². The molecule has 0 aromatic carbocycles. The van der Waals surface area contributed by atoms with E-state index in [1.807, 2.05) is 0 Å². The third-order valence-corrected chi connectivity index (χ3v) is 10.7. The zero-order valence-corrected chi connectivity index (χ0v) is 27.7. The highest BCUT2D eigenvalue weighted by molar-refractivity contribution is 7.61. The molecule has 6 heterocycles. The van der Waals surface area contributed by atoms with Gasteiger partial charge in [0.2, 0.25) is 0 Å². The van der Waals surface area contributed by atoms with Crippen LogP contribution in [0.15, 0.2) is 49.6 Å². The van der Waals surface area contributed by atoms with Gasteiger partial charge in [-0.2, -0.15) is 8.88 Å². The van der Waals surface area contributed by atoms with E-state index in [1.54, 1.807) is 10.6 Å². The fourth-order valence-electron chi connectivity index (χ4n) is 5.31. The summed E-state index contributed by atoms with van der Waals surface area (Å²) in [5.74, 6) is -0.787. The van der Waals surface area contributed by atoms with Crippen LogP contribution in [-0.2, 0) is 41.1 Å². The molecule has 4 aromatic rings. The number of phosphoric ester groups is 3. The summed E-state index contributed by atoms with van der Waals surface area (Å²) < 4.78 is 70.5. The number of hydrogen-bond acceptors (Lipinski definition) is 16. The van der Waals surface area contributed by atoms with E-state index >= 15 is 0 Å². The predicted octanol–water partition coefficient (Wildman–Crippen LogP) is -2.23. The van der Waals surface area contributed by atoms with Crippen molar-refractivity contribution in [2.45, 2.75) is 49.1 Å². The monoisotopic (exact) mass is 768 g/mol. The second kappa shape index (κ2) is 13.8. The van der Waals surface area contributed by atoms with Crippen LogP contribution in [0.25, 0.3) is 16.8 Å². The maximum Gasteiger partial charge on any atom is 0.481 e. The van der Waals surface area contributed by atoms with Gasteiger partial charge in [0.05, 0.1) is 19.5 Å². The molecule has 2 aliphatic rings. The van der Waals surface area contributed by atoms with Crippen molar-refractivity contribution in [2.24, 2.45) is 5.73 Å². The van der Waals surface area contributed by atoms with Crippen molar-refractivity contribution in [3.8, 4) is 0 Å². The van der Waals surface area contributed by atoms with Crippen LogP contribution in [0.5, 0.6) is 0 Å². The Labute approximate surface area is 278 Å². The molecule has 0 bridgehead atoms. The van der Waals surface area contributed by atoms with Gasteiger partial charge < -0.3 is 50.1 Å². The van der Waals surface area contributed by atoms with Gasteiger partial charge in [-0.05, 0) is 6.07 Å². The molecule has 0 aliphatic carbocycles. The Bertz CT molecular complexity index is 2040. The van der Waals surface area contributed by atoms with Crippen LogP contribution in [0.2, 0.25) is 0 Å². The highest BCUT2D eigenvalue weighted by atomic mass is 31.3. The first kappa shape index (κ1) is 36.7. The van der Waals surface area contributed by atoms with Crippen LogP contribution < -0.4 is 10.3 Å². The first-order valence-corrected chi connectivity index (χ1v) is 18.6. The molecular weight excluding hydrogens is 739 g/mol. The highest BCUT2D eigenvalue weighted by Gasteiger charge is 2.51. The normalized spacial score (nSPS) is 29.7. The standard InChI is InChI=1S/C23H28N7O17P3/c24-19(34)11-2-1-4-28(6-11)22-17(33)15(31)12(44-22)7-42-49(38,39)47-50(40,41)43-8-13-16(32)18(46-48(35,36)37)23(45-13)30-10-26-14-20-25-3-5-29(20)9-27-21(14)30/h1-6,9-10,12-13,15-18,22-23,31-33H,7-8H2,(H5-,24,34,35,36,37,38,39,40,41)/p+1. The Kier molecular flexibility index (Phi) is 10.1. The number of nitrogens with two attached hydrogens (primary N) is 1. The van der Waals surface area contributed by atoms with Crippen LogP contribution in [-0.4, -0.2) is 115 Å². The van der Waals surface area contributed by atoms with Gasteiger partial charge in [-0.25, -0.2) is 28.6 Å². The summed E-state index contributed by atoms with van der Waals surface area (Å²) in [7, 11) is -16.3. The van der Waals surface area contributed by atoms with Crippen LogP contribution in [0.1, 0.15) is 22.8 Å². The predicted molar refractivity (Wildman–Crippen MR) is 157 cm³/mol. The van der Waals surface area contributed by atoms with Gasteiger partial charge in [0.1, 0.15) is 42.4 Å². The topological polar surface area (TPSA) is 343 Å². The molecule has 1 amide bonds. The largest absolute Gasteiger partial charge is 0.481 e. The summed E-state index contributed by atoms with van der Waals surface area (Å²) in [6, 6.07) is 2.80. The van der Waals surface area contributed by atoms with Crippen molar-refractivity contribution in [2.75, 3.05) is 13.2 Å². The lowest BCUT2D eigenvalue weighted by Crippen LogP contribution is -2.46. The number of phosphoric acid groups is 3. The van der Waals surface area contributed by atoms with Crippen molar-refractivity contribution in [3.63, 3.8) is 0 Å². The Balaban J connectivity index is 1.09. The fourth-order valence-corrected chi connectivity index (χ4v) is 7.94. The van der Waals surface area contributed by atoms with Crippen LogP contribution in [0.3, 0.4) is 0 Å². The third-order valence-electron chi connectivity index (χ3n) is 7.55. The number of nitrogens with zero attached hydrogens (tertiary/aromatic N) is 6. The number of hydrogen-bond donors (Lipinski definition) is 8. The molecule has 6 rings (SSSR count). The van der Waals surface area contributed by atoms with Crippen LogP contribution in [0, 0.1) is 0 Å². The van der Waals surface area contributed by atoms with Crippen molar-refractivity contribution in [1.82, 2.24) is 23.9 Å². The van der Waals surface area contributed by atoms with E-state index in [-0.39, 0.29) is 16.7 Å². The Morgan fingerprint density at radius 3 is 2.26 bits per heavy atom. The minimum Gasteiger partial charge on any atom is -0.387 e. The molecule has 4 aromatic heterocycles. The number of aromatic nitrogens is 6. The minimum absolute atomic E-state index is 0.0451. The summed E-state index contributed by atoms with van der Waals surface area (Å²) in [6.45, 7) is -2.01. The van der Waals surface area contributed by atoms with Gasteiger partial charge in [0.15, 0.2) is 41.5 Å². The molecule has 10 unspecified atom stereocenters. The van der Waals surface area contributed by atoms with E-state index in [9.17, 15) is 53.4 Å². The van der Waals surface area contributed by atoms with E-state index in [2.05, 4.69) is 19.3 Å². The maximum absolute atomic E-state index is 12.6. The van der Waals surface area contributed by atoms with E-state index < -0.39 is 91.7 Å². The zero-order chi connectivity index (χ0) is 36.2. The molecule has 0 saturated carbocycles. The average Bonchev–Trinajstić information content (AvgIpc) is 3.80. The number of imidazole rings is 2. The quantitative estimate of drug-likeness (QED) is 0.0527. The summed E-state index contributed by atoms with van der Waals surface area (Å²) >= 11 is 0. The van der Waals surface area contributed by atoms with Crippen molar-refractivity contribution >= 4 is 46.2 Å². The van der Waals surface area contributed by atoms with Gasteiger partial charge in [-0.15, -0.1) is 0 Å². The van der Waals surface area contributed by atoms with Crippen molar-refractivity contribution in [3.05, 3.63) is 55.1 Å². The highest BCUT2D eigenvalue weighted by Crippen LogP contribution is 2.61. The molecule has 2 saturated heterocycles. The van der Waals surface area contributed by atoms with Gasteiger partial charge in [0.25, 0.3) is 12.1 Å². The number of carbonyl (C=O) groups is 1. The molecule has 24 nitrogen and oxygen atoms in total. The van der Waals surface area contributed by atoms with Crippen molar-refractivity contribution in [1.29, 1.82) is 0 Å². The summed E-state index contributed by atoms with van der Waals surface area (Å²) in [4.78, 5) is 63.3. The third kappa shape index (κ3) is 7.71. The summed E-state index contributed by atoms with van der Waals surface area (Å²) in [5, 5.41) is 31.7. The molecule has 27 heteroatoms.